The molecule has 2 aliphatic rings. The van der Waals surface area contributed by atoms with E-state index in [4.69, 9.17) is 0 Å². The summed E-state index contributed by atoms with van der Waals surface area (Å²) in [4.78, 5) is 14.6. The third kappa shape index (κ3) is 3.98. The average Bonchev–Trinajstić information content (AvgIpc) is 2.81. The van der Waals surface area contributed by atoms with Gasteiger partial charge in [-0.05, 0) is 56.4 Å². The fourth-order valence-corrected chi connectivity index (χ4v) is 3.66. The highest BCUT2D eigenvalue weighted by atomic mass is 35.5. The Balaban J connectivity index is 0.00000208. The summed E-state index contributed by atoms with van der Waals surface area (Å²) in [5, 5.41) is 3.55. The highest BCUT2D eigenvalue weighted by Gasteiger charge is 2.31. The van der Waals surface area contributed by atoms with Crippen molar-refractivity contribution >= 4 is 18.3 Å². The van der Waals surface area contributed by atoms with Gasteiger partial charge >= 0.3 is 6.61 Å². The number of alkyl halides is 2. The molecule has 4 nitrogen and oxygen atoms in total. The van der Waals surface area contributed by atoms with Crippen LogP contribution in [0.2, 0.25) is 0 Å². The number of nitrogens with one attached hydrogen (secondary N) is 1. The first-order valence-electron chi connectivity index (χ1n) is 8.05. The summed E-state index contributed by atoms with van der Waals surface area (Å²) in [6.45, 7) is 1.96. The summed E-state index contributed by atoms with van der Waals surface area (Å²) in [7, 11) is 0. The van der Waals surface area contributed by atoms with Crippen LogP contribution in [0.5, 0.6) is 5.75 Å². The van der Waals surface area contributed by atoms with Crippen LogP contribution >= 0.6 is 12.4 Å². The molecular weight excluding hydrogens is 338 g/mol. The number of rotatable bonds is 3. The molecule has 0 aliphatic carbocycles. The maximum atomic E-state index is 12.8. The van der Waals surface area contributed by atoms with E-state index in [9.17, 15) is 13.6 Å². The number of amides is 1. The predicted molar refractivity (Wildman–Crippen MR) is 90.3 cm³/mol. The molecule has 1 amide bonds. The van der Waals surface area contributed by atoms with Gasteiger partial charge in [-0.3, -0.25) is 4.79 Å². The van der Waals surface area contributed by atoms with Crippen molar-refractivity contribution in [3.8, 4) is 5.75 Å². The number of carbonyl (C=O) groups excluding carboxylic acids is 1. The molecule has 24 heavy (non-hydrogen) atoms. The summed E-state index contributed by atoms with van der Waals surface area (Å²) < 4.78 is 29.5. The number of likely N-dealkylation sites (tertiary alicyclic amines) is 1. The van der Waals surface area contributed by atoms with Crippen LogP contribution in [0, 0.1) is 13.8 Å². The number of nitrogens with zero attached hydrogens (tertiary/aromatic N) is 1. The number of carbonyl (C=O) groups is 1. The Morgan fingerprint density at radius 2 is 1.83 bits per heavy atom. The first kappa shape index (κ1) is 18.9. The van der Waals surface area contributed by atoms with Crippen molar-refractivity contribution in [2.75, 3.05) is 13.1 Å². The Labute approximate surface area is 147 Å². The number of fused-ring (bicyclic) bond motifs is 2. The van der Waals surface area contributed by atoms with Gasteiger partial charge in [0.2, 0.25) is 0 Å². The fourth-order valence-electron chi connectivity index (χ4n) is 3.66. The maximum Gasteiger partial charge on any atom is 0.387 e. The minimum Gasteiger partial charge on any atom is -0.434 e. The monoisotopic (exact) mass is 360 g/mol. The molecular formula is C17H23ClF2N2O2. The summed E-state index contributed by atoms with van der Waals surface area (Å²) in [5.41, 5.74) is 1.66. The normalized spacial score (nSPS) is 23.0. The van der Waals surface area contributed by atoms with Crippen LogP contribution in [0.25, 0.3) is 0 Å². The Hall–Kier alpha value is -1.40. The lowest BCUT2D eigenvalue weighted by Crippen LogP contribution is -2.39. The van der Waals surface area contributed by atoms with Crippen LogP contribution in [-0.2, 0) is 0 Å². The Morgan fingerprint density at radius 1 is 1.21 bits per heavy atom. The van der Waals surface area contributed by atoms with Crippen LogP contribution in [-0.4, -0.2) is 42.6 Å². The van der Waals surface area contributed by atoms with Crippen LogP contribution < -0.4 is 10.1 Å². The smallest absolute Gasteiger partial charge is 0.387 e. The zero-order valence-electron chi connectivity index (χ0n) is 13.9. The molecule has 2 aliphatic heterocycles. The molecule has 2 bridgehead atoms. The Bertz CT molecular complexity index is 589. The molecule has 1 aromatic rings. The minimum atomic E-state index is -2.86. The van der Waals surface area contributed by atoms with Crippen molar-refractivity contribution in [2.24, 2.45) is 0 Å². The van der Waals surface area contributed by atoms with Crippen molar-refractivity contribution in [1.29, 1.82) is 0 Å². The van der Waals surface area contributed by atoms with Crippen molar-refractivity contribution in [1.82, 2.24) is 10.2 Å². The van der Waals surface area contributed by atoms with E-state index in [2.05, 4.69) is 10.1 Å². The van der Waals surface area contributed by atoms with Crippen LogP contribution in [0.15, 0.2) is 12.1 Å². The molecule has 0 saturated carbocycles. The lowest BCUT2D eigenvalue weighted by Gasteiger charge is -2.25. The van der Waals surface area contributed by atoms with Crippen molar-refractivity contribution in [2.45, 2.75) is 51.8 Å². The molecule has 2 heterocycles. The minimum absolute atomic E-state index is 0. The van der Waals surface area contributed by atoms with Crippen molar-refractivity contribution < 1.29 is 18.3 Å². The topological polar surface area (TPSA) is 41.6 Å². The number of benzene rings is 1. The quantitative estimate of drug-likeness (QED) is 0.899. The standard InChI is InChI=1S/C17H22F2N2O2.ClH/c1-10-7-12(8-11(2)15(10)23-17(18)19)16(22)21-6-5-13-3-4-14(9-21)20-13;/h7-8,13-14,17,20H,3-6,9H2,1-2H3;1H. The lowest BCUT2D eigenvalue weighted by molar-refractivity contribution is -0.0507. The van der Waals surface area contributed by atoms with Gasteiger partial charge in [0.15, 0.2) is 0 Å². The molecule has 1 N–H and O–H groups in total. The van der Waals surface area contributed by atoms with Crippen LogP contribution in [0.4, 0.5) is 8.78 Å². The molecule has 0 spiro atoms. The van der Waals surface area contributed by atoms with Gasteiger partial charge in [-0.1, -0.05) is 0 Å². The van der Waals surface area contributed by atoms with E-state index in [-0.39, 0.29) is 24.1 Å². The first-order chi connectivity index (χ1) is 10.9. The number of halogens is 3. The summed E-state index contributed by atoms with van der Waals surface area (Å²) in [5.74, 6) is 0.127. The van der Waals surface area contributed by atoms with Gasteiger partial charge in [-0.2, -0.15) is 8.78 Å². The summed E-state index contributed by atoms with van der Waals surface area (Å²) in [6, 6.07) is 4.17. The number of hydrogen-bond acceptors (Lipinski definition) is 3. The van der Waals surface area contributed by atoms with E-state index in [1.54, 1.807) is 26.0 Å². The fraction of sp³-hybridized carbons (Fsp3) is 0.588. The van der Waals surface area contributed by atoms with Crippen LogP contribution in [0.3, 0.4) is 0 Å². The molecule has 0 aromatic heterocycles. The van der Waals surface area contributed by atoms with Gasteiger partial charge in [0.25, 0.3) is 5.91 Å². The summed E-state index contributed by atoms with van der Waals surface area (Å²) in [6.07, 6.45) is 3.25. The average molecular weight is 361 g/mol. The number of hydrogen-bond donors (Lipinski definition) is 1. The summed E-state index contributed by atoms with van der Waals surface area (Å²) >= 11 is 0. The second-order valence-corrected chi connectivity index (χ2v) is 6.50. The van der Waals surface area contributed by atoms with E-state index < -0.39 is 6.61 Å². The predicted octanol–water partition coefficient (Wildman–Crippen LogP) is 3.29. The molecule has 134 valence electrons. The van der Waals surface area contributed by atoms with Gasteiger partial charge in [-0.15, -0.1) is 12.4 Å². The third-order valence-corrected chi connectivity index (χ3v) is 4.72. The lowest BCUT2D eigenvalue weighted by atomic mass is 10.0. The molecule has 2 saturated heterocycles. The van der Waals surface area contributed by atoms with Crippen molar-refractivity contribution in [3.05, 3.63) is 28.8 Å². The highest BCUT2D eigenvalue weighted by Crippen LogP contribution is 2.28. The molecule has 1 aromatic carbocycles. The van der Waals surface area contributed by atoms with Gasteiger partial charge in [0.05, 0.1) is 0 Å². The molecule has 2 fully saturated rings. The number of aryl methyl sites for hydroxylation is 2. The van der Waals surface area contributed by atoms with E-state index in [1.165, 1.54) is 6.42 Å². The molecule has 0 radical (unpaired) electrons. The third-order valence-electron chi connectivity index (χ3n) is 4.72. The second-order valence-electron chi connectivity index (χ2n) is 6.50. The van der Waals surface area contributed by atoms with E-state index in [1.807, 2.05) is 4.90 Å². The Kier molecular flexibility index (Phi) is 6.04. The largest absolute Gasteiger partial charge is 0.434 e. The molecule has 2 atom stereocenters. The molecule has 3 rings (SSSR count). The zero-order valence-corrected chi connectivity index (χ0v) is 14.7. The van der Waals surface area contributed by atoms with Gasteiger partial charge in [-0.25, -0.2) is 0 Å². The van der Waals surface area contributed by atoms with Crippen molar-refractivity contribution in [3.63, 3.8) is 0 Å². The van der Waals surface area contributed by atoms with Gasteiger partial charge in [0.1, 0.15) is 5.75 Å². The highest BCUT2D eigenvalue weighted by molar-refractivity contribution is 5.95. The SMILES string of the molecule is Cc1cc(C(=O)N2CCC3CCC(C2)N3)cc(C)c1OC(F)F.Cl. The first-order valence-corrected chi connectivity index (χ1v) is 8.05. The number of ether oxygens (including phenoxy) is 1. The van der Waals surface area contributed by atoms with E-state index >= 15 is 0 Å². The van der Waals surface area contributed by atoms with E-state index in [0.717, 1.165) is 19.4 Å². The van der Waals surface area contributed by atoms with E-state index in [0.29, 0.717) is 35.3 Å². The van der Waals surface area contributed by atoms with Gasteiger partial charge < -0.3 is 15.0 Å². The molecule has 7 heteroatoms. The maximum absolute atomic E-state index is 12.8. The van der Waals surface area contributed by atoms with Gasteiger partial charge in [0, 0.05) is 30.7 Å². The Morgan fingerprint density at radius 3 is 2.46 bits per heavy atom. The second kappa shape index (κ2) is 7.66. The zero-order chi connectivity index (χ0) is 16.6. The molecule has 2 unspecified atom stereocenters. The van der Waals surface area contributed by atoms with Crippen LogP contribution in [0.1, 0.15) is 40.7 Å².